The van der Waals surface area contributed by atoms with Crippen LogP contribution < -0.4 is 4.90 Å². The van der Waals surface area contributed by atoms with Crippen LogP contribution in [-0.4, -0.2) is 39.6 Å². The van der Waals surface area contributed by atoms with Gasteiger partial charge in [-0.3, -0.25) is 0 Å². The fourth-order valence-corrected chi connectivity index (χ4v) is 3.33. The van der Waals surface area contributed by atoms with Gasteiger partial charge in [-0.05, 0) is 12.1 Å². The van der Waals surface area contributed by atoms with Gasteiger partial charge >= 0.3 is 5.97 Å². The summed E-state index contributed by atoms with van der Waals surface area (Å²) >= 11 is 0. The van der Waals surface area contributed by atoms with Crippen molar-refractivity contribution in [1.29, 1.82) is 0 Å². The molecule has 2 aromatic rings. The number of anilines is 1. The summed E-state index contributed by atoms with van der Waals surface area (Å²) < 4.78 is 42.2. The Hall–Kier alpha value is -2.51. The standard InChI is InChI=1S/C16H14F3N3O2/c17-13-3-10(22-5-11-12(6-22)16(11,18)19)2-1-9(13)4-21-7-14(15(23)24)20-8-21/h1-3,7-8,11-12H,4-6H2,(H,23,24)/t11-,12?/m0/s1. The van der Waals surface area contributed by atoms with E-state index >= 15 is 0 Å². The number of carboxylic acid groups (broad SMARTS) is 1. The Labute approximate surface area is 135 Å². The lowest BCUT2D eigenvalue weighted by atomic mass is 10.1. The lowest BCUT2D eigenvalue weighted by Crippen LogP contribution is -2.27. The number of alkyl halides is 2. The fourth-order valence-electron chi connectivity index (χ4n) is 3.33. The number of aromatic nitrogens is 2. The fraction of sp³-hybridized carbons (Fsp3) is 0.375. The van der Waals surface area contributed by atoms with Crippen LogP contribution in [-0.2, 0) is 6.54 Å². The summed E-state index contributed by atoms with van der Waals surface area (Å²) in [6.07, 6.45) is 2.65. The zero-order valence-electron chi connectivity index (χ0n) is 12.5. The molecule has 1 N–H and O–H groups in total. The maximum absolute atomic E-state index is 14.3. The highest BCUT2D eigenvalue weighted by Crippen LogP contribution is 2.59. The third kappa shape index (κ3) is 2.33. The average Bonchev–Trinajstić information content (AvgIpc) is 3.00. The van der Waals surface area contributed by atoms with Crippen LogP contribution in [0.25, 0.3) is 0 Å². The van der Waals surface area contributed by atoms with Crippen LogP contribution in [0.5, 0.6) is 0 Å². The second-order valence-electron chi connectivity index (χ2n) is 6.30. The van der Waals surface area contributed by atoms with Crippen molar-refractivity contribution < 1.29 is 23.1 Å². The Morgan fingerprint density at radius 1 is 1.33 bits per heavy atom. The first-order chi connectivity index (χ1) is 11.4. The van der Waals surface area contributed by atoms with Gasteiger partial charge in [0.05, 0.1) is 24.7 Å². The number of fused-ring (bicyclic) bond motifs is 1. The number of carbonyl (C=O) groups is 1. The summed E-state index contributed by atoms with van der Waals surface area (Å²) in [4.78, 5) is 16.3. The zero-order valence-corrected chi connectivity index (χ0v) is 12.5. The molecule has 1 unspecified atom stereocenters. The maximum Gasteiger partial charge on any atom is 0.356 e. The molecule has 1 saturated carbocycles. The summed E-state index contributed by atoms with van der Waals surface area (Å²) in [6.45, 7) is 0.648. The molecule has 0 spiro atoms. The van der Waals surface area contributed by atoms with Crippen molar-refractivity contribution >= 4 is 11.7 Å². The van der Waals surface area contributed by atoms with E-state index in [1.54, 1.807) is 17.0 Å². The van der Waals surface area contributed by atoms with Gasteiger partial charge in [-0.1, -0.05) is 6.07 Å². The minimum absolute atomic E-state index is 0.107. The molecule has 0 amide bonds. The van der Waals surface area contributed by atoms with Crippen LogP contribution in [0.1, 0.15) is 16.1 Å². The van der Waals surface area contributed by atoms with E-state index in [1.807, 2.05) is 0 Å². The molecule has 2 fully saturated rings. The monoisotopic (exact) mass is 337 g/mol. The summed E-state index contributed by atoms with van der Waals surface area (Å²) in [7, 11) is 0. The molecular formula is C16H14F3N3O2. The molecule has 2 heterocycles. The molecule has 0 radical (unpaired) electrons. The van der Waals surface area contributed by atoms with Gasteiger partial charge in [-0.2, -0.15) is 0 Å². The first-order valence-electron chi connectivity index (χ1n) is 7.52. The number of hydrogen-bond donors (Lipinski definition) is 1. The molecule has 5 nitrogen and oxygen atoms in total. The summed E-state index contributed by atoms with van der Waals surface area (Å²) in [6, 6.07) is 4.64. The molecule has 4 rings (SSSR count). The van der Waals surface area contributed by atoms with E-state index in [0.29, 0.717) is 11.3 Å². The third-order valence-corrected chi connectivity index (χ3v) is 4.81. The first-order valence-corrected chi connectivity index (χ1v) is 7.52. The molecule has 1 aromatic heterocycles. The molecule has 2 aliphatic rings. The van der Waals surface area contributed by atoms with Crippen LogP contribution in [0, 0.1) is 17.7 Å². The topological polar surface area (TPSA) is 58.4 Å². The number of benzene rings is 1. The van der Waals surface area contributed by atoms with Gasteiger partial charge in [0, 0.05) is 30.5 Å². The quantitative estimate of drug-likeness (QED) is 0.931. The molecule has 2 atom stereocenters. The van der Waals surface area contributed by atoms with E-state index in [1.165, 1.54) is 23.2 Å². The minimum Gasteiger partial charge on any atom is -0.476 e. The van der Waals surface area contributed by atoms with E-state index in [0.717, 1.165) is 0 Å². The lowest BCUT2D eigenvalue weighted by molar-refractivity contribution is 0.0690. The van der Waals surface area contributed by atoms with Crippen molar-refractivity contribution in [2.24, 2.45) is 11.8 Å². The summed E-state index contributed by atoms with van der Waals surface area (Å²) in [5, 5.41) is 8.83. The normalized spacial score (nSPS) is 24.0. The molecule has 0 bridgehead atoms. The molecule has 1 aromatic carbocycles. The maximum atomic E-state index is 14.3. The first kappa shape index (κ1) is 15.0. The zero-order chi connectivity index (χ0) is 17.1. The van der Waals surface area contributed by atoms with Crippen LogP contribution >= 0.6 is 0 Å². The number of imidazole rings is 1. The highest BCUT2D eigenvalue weighted by molar-refractivity contribution is 5.84. The van der Waals surface area contributed by atoms with Gasteiger partial charge < -0.3 is 14.6 Å². The number of halogens is 3. The predicted molar refractivity (Wildman–Crippen MR) is 78.8 cm³/mol. The Morgan fingerprint density at radius 2 is 2.04 bits per heavy atom. The van der Waals surface area contributed by atoms with Crippen molar-refractivity contribution in [3.8, 4) is 0 Å². The number of rotatable bonds is 4. The second kappa shape index (κ2) is 4.99. The average molecular weight is 337 g/mol. The number of nitrogens with zero attached hydrogens (tertiary/aromatic N) is 3. The van der Waals surface area contributed by atoms with Gasteiger partial charge in [0.15, 0.2) is 5.69 Å². The smallest absolute Gasteiger partial charge is 0.356 e. The Balaban J connectivity index is 1.47. The van der Waals surface area contributed by atoms with Gasteiger partial charge in [-0.25, -0.2) is 22.9 Å². The minimum atomic E-state index is -2.56. The van der Waals surface area contributed by atoms with E-state index < -0.39 is 29.5 Å². The van der Waals surface area contributed by atoms with Crippen LogP contribution in [0.2, 0.25) is 0 Å². The van der Waals surface area contributed by atoms with Crippen LogP contribution in [0.3, 0.4) is 0 Å². The molecule has 24 heavy (non-hydrogen) atoms. The number of hydrogen-bond acceptors (Lipinski definition) is 3. The van der Waals surface area contributed by atoms with Gasteiger partial charge in [0.25, 0.3) is 5.92 Å². The van der Waals surface area contributed by atoms with E-state index in [4.69, 9.17) is 5.11 Å². The number of piperidine rings is 1. The molecule has 1 aliphatic heterocycles. The van der Waals surface area contributed by atoms with Crippen molar-refractivity contribution in [3.63, 3.8) is 0 Å². The third-order valence-electron chi connectivity index (χ3n) is 4.81. The van der Waals surface area contributed by atoms with Crippen molar-refractivity contribution in [1.82, 2.24) is 9.55 Å². The Morgan fingerprint density at radius 3 is 2.62 bits per heavy atom. The second-order valence-corrected chi connectivity index (χ2v) is 6.30. The number of carboxylic acids is 1. The van der Waals surface area contributed by atoms with Gasteiger partial charge in [0.1, 0.15) is 5.82 Å². The van der Waals surface area contributed by atoms with Crippen molar-refractivity contribution in [2.45, 2.75) is 12.5 Å². The van der Waals surface area contributed by atoms with E-state index in [9.17, 15) is 18.0 Å². The lowest BCUT2D eigenvalue weighted by Gasteiger charge is -2.22. The molecular weight excluding hydrogens is 323 g/mol. The van der Waals surface area contributed by atoms with Gasteiger partial charge in [0.2, 0.25) is 0 Å². The Bertz CT molecular complexity index is 807. The predicted octanol–water partition coefficient (Wildman–Crippen LogP) is 2.47. The van der Waals surface area contributed by atoms with Crippen molar-refractivity contribution in [2.75, 3.05) is 18.0 Å². The van der Waals surface area contributed by atoms with Gasteiger partial charge in [-0.15, -0.1) is 0 Å². The largest absolute Gasteiger partial charge is 0.476 e. The van der Waals surface area contributed by atoms with Crippen LogP contribution in [0.4, 0.5) is 18.9 Å². The highest BCUT2D eigenvalue weighted by atomic mass is 19.3. The Kier molecular flexibility index (Phi) is 3.13. The molecule has 126 valence electrons. The van der Waals surface area contributed by atoms with E-state index in [-0.39, 0.29) is 25.3 Å². The SMILES string of the molecule is O=C(O)c1cn(Cc2ccc(N3CC4[C@H](C3)C4(F)F)cc2F)cn1. The molecule has 8 heteroatoms. The molecule has 1 saturated heterocycles. The summed E-state index contributed by atoms with van der Waals surface area (Å²) in [5.74, 6) is -5.38. The number of aromatic carboxylic acids is 1. The summed E-state index contributed by atoms with van der Waals surface area (Å²) in [5.41, 5.74) is 0.864. The van der Waals surface area contributed by atoms with Crippen LogP contribution in [0.15, 0.2) is 30.7 Å². The van der Waals surface area contributed by atoms with E-state index in [2.05, 4.69) is 4.98 Å². The highest BCUT2D eigenvalue weighted by Gasteiger charge is 2.71. The molecule has 1 aliphatic carbocycles. The van der Waals surface area contributed by atoms with Crippen molar-refractivity contribution in [3.05, 3.63) is 47.8 Å².